The van der Waals surface area contributed by atoms with Crippen LogP contribution in [0.4, 0.5) is 5.82 Å². The molecule has 0 spiro atoms. The molecular formula is C14H23N5O. The summed E-state index contributed by atoms with van der Waals surface area (Å²) < 4.78 is 7.55. The average molecular weight is 277 g/mol. The van der Waals surface area contributed by atoms with Gasteiger partial charge in [-0.25, -0.2) is 9.97 Å². The maximum Gasteiger partial charge on any atom is 0.163 e. The smallest absolute Gasteiger partial charge is 0.163 e. The third-order valence-corrected chi connectivity index (χ3v) is 3.17. The SMILES string of the molecule is CCCC(C)OCc1nc(NCC)c2cnn(C)c2n1. The number of hydrogen-bond donors (Lipinski definition) is 1. The molecule has 6 heteroatoms. The highest BCUT2D eigenvalue weighted by molar-refractivity contribution is 5.86. The topological polar surface area (TPSA) is 64.9 Å². The summed E-state index contributed by atoms with van der Waals surface area (Å²) in [6, 6.07) is 0. The van der Waals surface area contributed by atoms with Crippen LogP contribution in [-0.4, -0.2) is 32.4 Å². The van der Waals surface area contributed by atoms with Gasteiger partial charge in [0.25, 0.3) is 0 Å². The molecule has 0 aliphatic carbocycles. The van der Waals surface area contributed by atoms with Gasteiger partial charge in [-0.15, -0.1) is 0 Å². The zero-order chi connectivity index (χ0) is 14.5. The molecule has 0 fully saturated rings. The van der Waals surface area contributed by atoms with E-state index in [0.29, 0.717) is 12.4 Å². The third-order valence-electron chi connectivity index (χ3n) is 3.17. The number of rotatable bonds is 7. The largest absolute Gasteiger partial charge is 0.371 e. The van der Waals surface area contributed by atoms with Gasteiger partial charge in [0.1, 0.15) is 12.4 Å². The summed E-state index contributed by atoms with van der Waals surface area (Å²) in [5.41, 5.74) is 0.831. The van der Waals surface area contributed by atoms with Crippen LogP contribution in [-0.2, 0) is 18.4 Å². The van der Waals surface area contributed by atoms with Crippen molar-refractivity contribution >= 4 is 16.9 Å². The molecule has 1 atom stereocenters. The molecule has 0 aromatic carbocycles. The Labute approximate surface area is 119 Å². The lowest BCUT2D eigenvalue weighted by atomic mass is 10.2. The van der Waals surface area contributed by atoms with Gasteiger partial charge in [-0.1, -0.05) is 13.3 Å². The first-order valence-electron chi connectivity index (χ1n) is 7.19. The number of fused-ring (bicyclic) bond motifs is 1. The van der Waals surface area contributed by atoms with Gasteiger partial charge < -0.3 is 10.1 Å². The van der Waals surface area contributed by atoms with Crippen molar-refractivity contribution in [3.8, 4) is 0 Å². The summed E-state index contributed by atoms with van der Waals surface area (Å²) in [5.74, 6) is 1.52. The molecule has 2 rings (SSSR count). The molecule has 1 N–H and O–H groups in total. The minimum absolute atomic E-state index is 0.230. The highest BCUT2D eigenvalue weighted by Crippen LogP contribution is 2.19. The lowest BCUT2D eigenvalue weighted by Crippen LogP contribution is -2.11. The first kappa shape index (κ1) is 14.7. The van der Waals surface area contributed by atoms with Crippen molar-refractivity contribution in [2.45, 2.75) is 46.3 Å². The molecule has 0 bridgehead atoms. The molecule has 0 saturated heterocycles. The van der Waals surface area contributed by atoms with Crippen LogP contribution in [0.25, 0.3) is 11.0 Å². The lowest BCUT2D eigenvalue weighted by Gasteiger charge is -2.12. The quantitative estimate of drug-likeness (QED) is 0.842. The van der Waals surface area contributed by atoms with E-state index in [-0.39, 0.29) is 6.10 Å². The minimum atomic E-state index is 0.230. The molecule has 0 amide bonds. The highest BCUT2D eigenvalue weighted by Gasteiger charge is 2.12. The molecule has 0 saturated carbocycles. The normalized spacial score (nSPS) is 12.8. The summed E-state index contributed by atoms with van der Waals surface area (Å²) in [6.45, 7) is 7.52. The zero-order valence-electron chi connectivity index (χ0n) is 12.7. The number of nitrogens with zero attached hydrogens (tertiary/aromatic N) is 4. The maximum atomic E-state index is 5.78. The fraction of sp³-hybridized carbons (Fsp3) is 0.643. The predicted molar refractivity (Wildman–Crippen MR) is 79.6 cm³/mol. The summed E-state index contributed by atoms with van der Waals surface area (Å²) in [7, 11) is 1.88. The van der Waals surface area contributed by atoms with Crippen molar-refractivity contribution in [2.24, 2.45) is 7.05 Å². The first-order valence-corrected chi connectivity index (χ1v) is 7.19. The molecule has 0 aliphatic heterocycles. The number of aromatic nitrogens is 4. The van der Waals surface area contributed by atoms with Crippen LogP contribution in [0.15, 0.2) is 6.20 Å². The Kier molecular flexibility index (Phi) is 4.89. The lowest BCUT2D eigenvalue weighted by molar-refractivity contribution is 0.0433. The maximum absolute atomic E-state index is 5.78. The van der Waals surface area contributed by atoms with Gasteiger partial charge in [-0.3, -0.25) is 4.68 Å². The Hall–Kier alpha value is -1.69. The second-order valence-electron chi connectivity index (χ2n) is 4.93. The molecule has 2 aromatic rings. The molecule has 6 nitrogen and oxygen atoms in total. The fourth-order valence-electron chi connectivity index (χ4n) is 2.14. The second-order valence-corrected chi connectivity index (χ2v) is 4.93. The van der Waals surface area contributed by atoms with Gasteiger partial charge in [-0.05, 0) is 20.3 Å². The molecular weight excluding hydrogens is 254 g/mol. The van der Waals surface area contributed by atoms with Crippen LogP contribution in [0.5, 0.6) is 0 Å². The van der Waals surface area contributed by atoms with Gasteiger partial charge in [-0.2, -0.15) is 5.10 Å². The predicted octanol–water partition coefficient (Wildman–Crippen LogP) is 2.50. The molecule has 110 valence electrons. The Morgan fingerprint density at radius 2 is 2.15 bits per heavy atom. The molecule has 0 radical (unpaired) electrons. The van der Waals surface area contributed by atoms with Gasteiger partial charge in [0, 0.05) is 13.6 Å². The number of hydrogen-bond acceptors (Lipinski definition) is 5. The van der Waals surface area contributed by atoms with E-state index in [1.165, 1.54) is 0 Å². The van der Waals surface area contributed by atoms with Crippen molar-refractivity contribution in [2.75, 3.05) is 11.9 Å². The summed E-state index contributed by atoms with van der Waals surface area (Å²) in [4.78, 5) is 9.07. The fourth-order valence-corrected chi connectivity index (χ4v) is 2.14. The van der Waals surface area contributed by atoms with Crippen molar-refractivity contribution in [3.05, 3.63) is 12.0 Å². The van der Waals surface area contributed by atoms with E-state index < -0.39 is 0 Å². The number of nitrogens with one attached hydrogen (secondary N) is 1. The van der Waals surface area contributed by atoms with Gasteiger partial charge in [0.15, 0.2) is 11.5 Å². The van der Waals surface area contributed by atoms with Crippen molar-refractivity contribution in [1.29, 1.82) is 0 Å². The average Bonchev–Trinajstić information content (AvgIpc) is 2.79. The van der Waals surface area contributed by atoms with Crippen molar-refractivity contribution < 1.29 is 4.74 Å². The van der Waals surface area contributed by atoms with E-state index in [4.69, 9.17) is 4.74 Å². The Bertz CT molecular complexity index is 566. The number of anilines is 1. The minimum Gasteiger partial charge on any atom is -0.371 e. The molecule has 2 heterocycles. The monoisotopic (exact) mass is 277 g/mol. The van der Waals surface area contributed by atoms with Gasteiger partial charge in [0.2, 0.25) is 0 Å². The van der Waals surface area contributed by atoms with E-state index in [0.717, 1.165) is 36.2 Å². The summed E-state index contributed by atoms with van der Waals surface area (Å²) in [5, 5.41) is 8.44. The van der Waals surface area contributed by atoms with E-state index in [1.807, 2.05) is 14.0 Å². The standard InChI is InChI=1S/C14H23N5O/c1-5-7-10(3)20-9-12-17-13(15-6-2)11-8-16-19(4)14(11)18-12/h8,10H,5-7,9H2,1-4H3,(H,15,17,18). The number of ether oxygens (including phenoxy) is 1. The van der Waals surface area contributed by atoms with Crippen LogP contribution in [0.2, 0.25) is 0 Å². The van der Waals surface area contributed by atoms with E-state index in [9.17, 15) is 0 Å². The van der Waals surface area contributed by atoms with E-state index in [1.54, 1.807) is 10.9 Å². The van der Waals surface area contributed by atoms with Crippen LogP contribution >= 0.6 is 0 Å². The van der Waals surface area contributed by atoms with Crippen LogP contribution in [0, 0.1) is 0 Å². The Morgan fingerprint density at radius 3 is 2.85 bits per heavy atom. The molecule has 1 unspecified atom stereocenters. The van der Waals surface area contributed by atoms with Gasteiger partial charge >= 0.3 is 0 Å². The van der Waals surface area contributed by atoms with E-state index in [2.05, 4.69) is 34.2 Å². The van der Waals surface area contributed by atoms with Crippen LogP contribution < -0.4 is 5.32 Å². The summed E-state index contributed by atoms with van der Waals surface area (Å²) in [6.07, 6.45) is 4.19. The first-order chi connectivity index (χ1) is 9.65. The number of aryl methyl sites for hydroxylation is 1. The summed E-state index contributed by atoms with van der Waals surface area (Å²) >= 11 is 0. The van der Waals surface area contributed by atoms with E-state index >= 15 is 0 Å². The molecule has 2 aromatic heterocycles. The highest BCUT2D eigenvalue weighted by atomic mass is 16.5. The van der Waals surface area contributed by atoms with Crippen LogP contribution in [0.3, 0.4) is 0 Å². The molecule has 20 heavy (non-hydrogen) atoms. The van der Waals surface area contributed by atoms with Crippen LogP contribution in [0.1, 0.15) is 39.4 Å². The third kappa shape index (κ3) is 3.25. The molecule has 0 aliphatic rings. The Morgan fingerprint density at radius 1 is 1.35 bits per heavy atom. The Balaban J connectivity index is 2.22. The second kappa shape index (κ2) is 6.65. The zero-order valence-corrected chi connectivity index (χ0v) is 12.7. The van der Waals surface area contributed by atoms with Gasteiger partial charge in [0.05, 0.1) is 17.7 Å². The van der Waals surface area contributed by atoms with Crippen molar-refractivity contribution in [1.82, 2.24) is 19.7 Å². The van der Waals surface area contributed by atoms with Crippen molar-refractivity contribution in [3.63, 3.8) is 0 Å².